The van der Waals surface area contributed by atoms with E-state index in [9.17, 15) is 9.59 Å². The van der Waals surface area contributed by atoms with Gasteiger partial charge in [-0.1, -0.05) is 30.3 Å². The second-order valence-electron chi connectivity index (χ2n) is 7.72. The first-order valence-electron chi connectivity index (χ1n) is 10.2. The van der Waals surface area contributed by atoms with Crippen LogP contribution in [0.1, 0.15) is 11.1 Å². The average Bonchev–Trinajstić information content (AvgIpc) is 3.17. The Morgan fingerprint density at radius 1 is 1.03 bits per heavy atom. The van der Waals surface area contributed by atoms with Gasteiger partial charge in [0.2, 0.25) is 5.91 Å². The molecule has 7 heteroatoms. The molecule has 0 aliphatic carbocycles. The fourth-order valence-electron chi connectivity index (χ4n) is 3.60. The molecule has 0 fully saturated rings. The number of aromatic nitrogens is 3. The number of fused-ring (bicyclic) bond motifs is 3. The zero-order valence-electron chi connectivity index (χ0n) is 17.6. The van der Waals surface area contributed by atoms with Crippen molar-refractivity contribution in [2.45, 2.75) is 20.4 Å². The highest BCUT2D eigenvalue weighted by Gasteiger charge is 2.15. The molecule has 1 N–H and O–H groups in total. The number of nitrogens with one attached hydrogen (secondary N) is 1. The molecule has 1 amide bonds. The lowest BCUT2D eigenvalue weighted by atomic mass is 10.0. The standard InChI is InChI=1S/C25H20N4O2S/c1-15-8-9-17(12-16(15)2)20-11-10-19-22-23(32-24(19)28-20)25(31)29(14-26-22)13-21(30)27-18-6-4-3-5-7-18/h3-12,14H,13H2,1-2H3,(H,27,30). The van der Waals surface area contributed by atoms with Crippen molar-refractivity contribution in [3.8, 4) is 11.3 Å². The fourth-order valence-corrected chi connectivity index (χ4v) is 4.68. The second kappa shape index (κ2) is 8.01. The van der Waals surface area contributed by atoms with Gasteiger partial charge in [-0.3, -0.25) is 14.2 Å². The summed E-state index contributed by atoms with van der Waals surface area (Å²) in [6, 6.07) is 19.3. The van der Waals surface area contributed by atoms with Crippen molar-refractivity contribution in [1.82, 2.24) is 14.5 Å². The summed E-state index contributed by atoms with van der Waals surface area (Å²) in [4.78, 5) is 35.5. The molecule has 0 bridgehead atoms. The van der Waals surface area contributed by atoms with E-state index >= 15 is 0 Å². The first-order chi connectivity index (χ1) is 15.5. The Hall–Kier alpha value is -3.84. The summed E-state index contributed by atoms with van der Waals surface area (Å²) in [5, 5.41) is 3.63. The van der Waals surface area contributed by atoms with Crippen LogP contribution >= 0.6 is 11.3 Å². The molecule has 0 saturated heterocycles. The molecule has 158 valence electrons. The molecule has 0 aliphatic rings. The minimum absolute atomic E-state index is 0.105. The zero-order valence-corrected chi connectivity index (χ0v) is 18.4. The van der Waals surface area contributed by atoms with E-state index < -0.39 is 0 Å². The predicted molar refractivity (Wildman–Crippen MR) is 129 cm³/mol. The lowest BCUT2D eigenvalue weighted by Crippen LogP contribution is -2.27. The van der Waals surface area contributed by atoms with Crippen LogP contribution in [-0.2, 0) is 11.3 Å². The predicted octanol–water partition coefficient (Wildman–Crippen LogP) is 4.93. The molecule has 2 aromatic carbocycles. The zero-order chi connectivity index (χ0) is 22.2. The molecule has 5 rings (SSSR count). The molecule has 0 spiro atoms. The van der Waals surface area contributed by atoms with Crippen LogP contribution in [0, 0.1) is 13.8 Å². The summed E-state index contributed by atoms with van der Waals surface area (Å²) in [7, 11) is 0. The number of pyridine rings is 1. The van der Waals surface area contributed by atoms with Crippen molar-refractivity contribution >= 4 is 43.4 Å². The highest BCUT2D eigenvalue weighted by molar-refractivity contribution is 7.25. The third-order valence-electron chi connectivity index (χ3n) is 5.48. The number of thiophene rings is 1. The summed E-state index contributed by atoms with van der Waals surface area (Å²) in [5.41, 5.74) is 5.40. The van der Waals surface area contributed by atoms with Gasteiger partial charge in [0.15, 0.2) is 0 Å². The number of anilines is 1. The molecule has 3 aromatic heterocycles. The van der Waals surface area contributed by atoms with Gasteiger partial charge in [0.05, 0.1) is 17.5 Å². The smallest absolute Gasteiger partial charge is 0.271 e. The van der Waals surface area contributed by atoms with Crippen molar-refractivity contribution in [2.75, 3.05) is 5.32 Å². The SMILES string of the molecule is Cc1ccc(-c2ccc3c(n2)sc2c(=O)n(CC(=O)Nc4ccccc4)cnc23)cc1C. The second-order valence-corrected chi connectivity index (χ2v) is 8.72. The number of benzene rings is 2. The minimum atomic E-state index is -0.282. The fraction of sp³-hybridized carbons (Fsp3) is 0.120. The minimum Gasteiger partial charge on any atom is -0.325 e. The van der Waals surface area contributed by atoms with Crippen LogP contribution in [0.2, 0.25) is 0 Å². The maximum atomic E-state index is 13.0. The van der Waals surface area contributed by atoms with E-state index in [4.69, 9.17) is 4.98 Å². The third kappa shape index (κ3) is 3.67. The topological polar surface area (TPSA) is 76.9 Å². The molecule has 6 nitrogen and oxygen atoms in total. The van der Waals surface area contributed by atoms with E-state index in [2.05, 4.69) is 42.3 Å². The first-order valence-corrected chi connectivity index (χ1v) is 11.0. The van der Waals surface area contributed by atoms with Gasteiger partial charge in [-0.25, -0.2) is 9.97 Å². The van der Waals surface area contributed by atoms with E-state index in [-0.39, 0.29) is 18.0 Å². The van der Waals surface area contributed by atoms with Gasteiger partial charge in [-0.15, -0.1) is 11.3 Å². The Balaban J connectivity index is 1.49. The number of amides is 1. The Kier molecular flexibility index (Phi) is 5.03. The lowest BCUT2D eigenvalue weighted by Gasteiger charge is -2.07. The van der Waals surface area contributed by atoms with Crippen molar-refractivity contribution in [1.29, 1.82) is 0 Å². The lowest BCUT2D eigenvalue weighted by molar-refractivity contribution is -0.116. The van der Waals surface area contributed by atoms with Gasteiger partial charge in [-0.2, -0.15) is 0 Å². The highest BCUT2D eigenvalue weighted by atomic mass is 32.1. The van der Waals surface area contributed by atoms with Crippen molar-refractivity contribution in [3.05, 3.63) is 88.5 Å². The number of nitrogens with zero attached hydrogens (tertiary/aromatic N) is 3. The number of aryl methyl sites for hydroxylation is 2. The Morgan fingerprint density at radius 3 is 2.62 bits per heavy atom. The Bertz CT molecular complexity index is 1540. The molecule has 3 heterocycles. The normalized spacial score (nSPS) is 11.2. The Labute approximate surface area is 188 Å². The van der Waals surface area contributed by atoms with E-state index in [0.29, 0.717) is 15.9 Å². The van der Waals surface area contributed by atoms with E-state index in [1.807, 2.05) is 30.3 Å². The summed E-state index contributed by atoms with van der Waals surface area (Å²) < 4.78 is 1.83. The van der Waals surface area contributed by atoms with Crippen LogP contribution in [0.4, 0.5) is 5.69 Å². The molecule has 0 aliphatic heterocycles. The largest absolute Gasteiger partial charge is 0.325 e. The molecule has 0 radical (unpaired) electrons. The number of carbonyl (C=O) groups is 1. The number of rotatable bonds is 4. The molecule has 32 heavy (non-hydrogen) atoms. The number of hydrogen-bond acceptors (Lipinski definition) is 5. The van der Waals surface area contributed by atoms with Crippen molar-refractivity contribution in [3.63, 3.8) is 0 Å². The van der Waals surface area contributed by atoms with Gasteiger partial charge >= 0.3 is 0 Å². The van der Waals surface area contributed by atoms with Crippen molar-refractivity contribution < 1.29 is 4.79 Å². The number of para-hydroxylation sites is 1. The van der Waals surface area contributed by atoms with Gasteiger partial charge in [0, 0.05) is 16.6 Å². The van der Waals surface area contributed by atoms with Gasteiger partial charge in [0.1, 0.15) is 16.1 Å². The summed E-state index contributed by atoms with van der Waals surface area (Å²) >= 11 is 1.31. The summed E-state index contributed by atoms with van der Waals surface area (Å²) in [6.07, 6.45) is 1.43. The van der Waals surface area contributed by atoms with E-state index in [1.165, 1.54) is 33.4 Å². The maximum absolute atomic E-state index is 13.0. The van der Waals surface area contributed by atoms with Crippen LogP contribution in [0.5, 0.6) is 0 Å². The van der Waals surface area contributed by atoms with Crippen LogP contribution in [0.25, 0.3) is 31.7 Å². The van der Waals surface area contributed by atoms with Gasteiger partial charge < -0.3 is 5.32 Å². The quantitative estimate of drug-likeness (QED) is 0.430. The Morgan fingerprint density at radius 2 is 1.84 bits per heavy atom. The molecule has 0 saturated carbocycles. The molecular weight excluding hydrogens is 420 g/mol. The van der Waals surface area contributed by atoms with Crippen molar-refractivity contribution in [2.24, 2.45) is 0 Å². The van der Waals surface area contributed by atoms with Crippen LogP contribution in [0.3, 0.4) is 0 Å². The summed E-state index contributed by atoms with van der Waals surface area (Å²) in [5.74, 6) is -0.282. The van der Waals surface area contributed by atoms with Gasteiger partial charge in [-0.05, 0) is 55.3 Å². The third-order valence-corrected chi connectivity index (χ3v) is 6.56. The molecular formula is C25H20N4O2S. The van der Waals surface area contributed by atoms with Crippen LogP contribution in [0.15, 0.2) is 71.8 Å². The number of hydrogen-bond donors (Lipinski definition) is 1. The first kappa shape index (κ1) is 20.1. The highest BCUT2D eigenvalue weighted by Crippen LogP contribution is 2.31. The molecule has 0 unspecified atom stereocenters. The van der Waals surface area contributed by atoms with Crippen LogP contribution in [-0.4, -0.2) is 20.4 Å². The van der Waals surface area contributed by atoms with Crippen LogP contribution < -0.4 is 10.9 Å². The average molecular weight is 441 g/mol. The number of carbonyl (C=O) groups excluding carboxylic acids is 1. The molecule has 5 aromatic rings. The monoisotopic (exact) mass is 440 g/mol. The molecule has 0 atom stereocenters. The van der Waals surface area contributed by atoms with Gasteiger partial charge in [0.25, 0.3) is 5.56 Å². The summed E-state index contributed by atoms with van der Waals surface area (Å²) in [6.45, 7) is 4.06. The van der Waals surface area contributed by atoms with E-state index in [0.717, 1.165) is 21.5 Å². The maximum Gasteiger partial charge on any atom is 0.271 e. The van der Waals surface area contributed by atoms with E-state index in [1.54, 1.807) is 12.1 Å².